The third-order valence-electron chi connectivity index (χ3n) is 3.70. The number of nitrogens with one attached hydrogen (secondary N) is 1. The van der Waals surface area contributed by atoms with E-state index in [1.54, 1.807) is 14.2 Å². The van der Waals surface area contributed by atoms with Crippen LogP contribution in [0.5, 0.6) is 11.5 Å². The van der Waals surface area contributed by atoms with Gasteiger partial charge in [-0.15, -0.1) is 0 Å². The number of ether oxygens (including phenoxy) is 3. The molecule has 0 aliphatic heterocycles. The fraction of sp³-hybridized carbons (Fsp3) is 0.278. The summed E-state index contributed by atoms with van der Waals surface area (Å²) in [5.41, 5.74) is 2.64. The Labute approximate surface area is 136 Å². The summed E-state index contributed by atoms with van der Waals surface area (Å²) in [5.74, 6) is 1.41. The van der Waals surface area contributed by atoms with Crippen LogP contribution < -0.4 is 14.8 Å². The molecule has 0 aliphatic rings. The molecule has 1 atom stereocenters. The molecule has 0 radical (unpaired) electrons. The lowest BCUT2D eigenvalue weighted by Gasteiger charge is -2.23. The number of hydrogen-bond donors (Lipinski definition) is 1. The molecule has 1 unspecified atom stereocenters. The Kier molecular flexibility index (Phi) is 5.46. The number of methoxy groups -OCH3 is 3. The normalized spacial score (nSPS) is 11.5. The number of carbonyl (C=O) groups is 1. The second kappa shape index (κ2) is 7.54. The molecule has 0 spiro atoms. The highest BCUT2D eigenvalue weighted by atomic mass is 16.5. The van der Waals surface area contributed by atoms with Gasteiger partial charge in [0.1, 0.15) is 11.5 Å². The number of rotatable bonds is 5. The molecule has 2 aromatic rings. The smallest absolute Gasteiger partial charge is 0.407 e. The van der Waals surface area contributed by atoms with E-state index in [1.807, 2.05) is 49.4 Å². The molecule has 0 aliphatic carbocycles. The Morgan fingerprint density at radius 1 is 1.00 bits per heavy atom. The van der Waals surface area contributed by atoms with Crippen LogP contribution >= 0.6 is 0 Å². The van der Waals surface area contributed by atoms with E-state index < -0.39 is 6.09 Å². The van der Waals surface area contributed by atoms with Crippen LogP contribution in [0.25, 0.3) is 0 Å². The first-order valence-electron chi connectivity index (χ1n) is 7.23. The summed E-state index contributed by atoms with van der Waals surface area (Å²) < 4.78 is 15.7. The van der Waals surface area contributed by atoms with Crippen molar-refractivity contribution in [1.82, 2.24) is 5.32 Å². The lowest BCUT2D eigenvalue weighted by Crippen LogP contribution is -2.29. The van der Waals surface area contributed by atoms with Crippen molar-refractivity contribution in [3.63, 3.8) is 0 Å². The van der Waals surface area contributed by atoms with E-state index in [0.717, 1.165) is 22.4 Å². The molecule has 1 N–H and O–H groups in total. The molecule has 0 aromatic heterocycles. The number of hydrogen-bond acceptors (Lipinski definition) is 4. The van der Waals surface area contributed by atoms with Crippen LogP contribution in [0.4, 0.5) is 4.79 Å². The molecule has 2 rings (SSSR count). The fourth-order valence-corrected chi connectivity index (χ4v) is 2.58. The van der Waals surface area contributed by atoms with E-state index in [4.69, 9.17) is 14.2 Å². The van der Waals surface area contributed by atoms with Crippen LogP contribution in [-0.4, -0.2) is 27.4 Å². The second-order valence-corrected chi connectivity index (χ2v) is 4.99. The summed E-state index contributed by atoms with van der Waals surface area (Å²) in [7, 11) is 4.56. The van der Waals surface area contributed by atoms with Crippen LogP contribution in [0.3, 0.4) is 0 Å². The Morgan fingerprint density at radius 2 is 1.70 bits per heavy atom. The van der Waals surface area contributed by atoms with Gasteiger partial charge in [0.25, 0.3) is 0 Å². The molecular formula is C18H21NO4. The average Bonchev–Trinajstić information content (AvgIpc) is 2.60. The zero-order chi connectivity index (χ0) is 16.8. The van der Waals surface area contributed by atoms with Gasteiger partial charge in [-0.2, -0.15) is 0 Å². The van der Waals surface area contributed by atoms with Gasteiger partial charge in [-0.1, -0.05) is 30.3 Å². The standard InChI is InChI=1S/C18H21NO4/c1-12-15(21-2)11-10-14(17(12)22-3)16(19-18(20)23-4)13-8-6-5-7-9-13/h5-11,16H,1-4H3,(H,19,20). The summed E-state index contributed by atoms with van der Waals surface area (Å²) in [4.78, 5) is 11.8. The highest BCUT2D eigenvalue weighted by Gasteiger charge is 2.23. The van der Waals surface area contributed by atoms with Crippen LogP contribution in [0.2, 0.25) is 0 Å². The zero-order valence-electron chi connectivity index (χ0n) is 13.8. The molecule has 1 amide bonds. The van der Waals surface area contributed by atoms with Gasteiger partial charge >= 0.3 is 6.09 Å². The van der Waals surface area contributed by atoms with E-state index in [-0.39, 0.29) is 6.04 Å². The zero-order valence-corrected chi connectivity index (χ0v) is 13.8. The SMILES string of the molecule is COC(=O)NC(c1ccccc1)c1ccc(OC)c(C)c1OC. The highest BCUT2D eigenvalue weighted by molar-refractivity contribution is 5.69. The van der Waals surface area contributed by atoms with Gasteiger partial charge < -0.3 is 19.5 Å². The molecule has 0 heterocycles. The first kappa shape index (κ1) is 16.7. The predicted octanol–water partition coefficient (Wildman–Crippen LogP) is 3.46. The van der Waals surface area contributed by atoms with Gasteiger partial charge in [-0.25, -0.2) is 4.79 Å². The quantitative estimate of drug-likeness (QED) is 0.918. The van der Waals surface area contributed by atoms with E-state index in [2.05, 4.69) is 5.32 Å². The monoisotopic (exact) mass is 315 g/mol. The minimum absolute atomic E-state index is 0.386. The molecule has 5 heteroatoms. The maximum absolute atomic E-state index is 11.8. The van der Waals surface area contributed by atoms with Crippen molar-refractivity contribution >= 4 is 6.09 Å². The molecule has 0 bridgehead atoms. The lowest BCUT2D eigenvalue weighted by atomic mass is 9.95. The van der Waals surface area contributed by atoms with Crippen LogP contribution in [-0.2, 0) is 4.74 Å². The van der Waals surface area contributed by atoms with Gasteiger partial charge in [0, 0.05) is 11.1 Å². The van der Waals surface area contributed by atoms with Crippen LogP contribution in [0.1, 0.15) is 22.7 Å². The summed E-state index contributed by atoms with van der Waals surface area (Å²) in [6.45, 7) is 1.92. The van der Waals surface area contributed by atoms with Gasteiger partial charge in [-0.05, 0) is 24.6 Å². The van der Waals surface area contributed by atoms with Crippen LogP contribution in [0.15, 0.2) is 42.5 Å². The Hall–Kier alpha value is -2.69. The van der Waals surface area contributed by atoms with Gasteiger partial charge in [0.05, 0.1) is 27.4 Å². The van der Waals surface area contributed by atoms with Crippen molar-refractivity contribution in [2.24, 2.45) is 0 Å². The summed E-state index contributed by atoms with van der Waals surface area (Å²) in [5, 5.41) is 2.86. The van der Waals surface area contributed by atoms with E-state index in [0.29, 0.717) is 5.75 Å². The van der Waals surface area contributed by atoms with E-state index in [1.165, 1.54) is 7.11 Å². The molecule has 5 nitrogen and oxygen atoms in total. The van der Waals surface area contributed by atoms with Crippen LogP contribution in [0, 0.1) is 6.92 Å². The first-order valence-corrected chi connectivity index (χ1v) is 7.23. The maximum atomic E-state index is 11.8. The third kappa shape index (κ3) is 3.56. The Morgan fingerprint density at radius 3 is 2.26 bits per heavy atom. The Balaban J connectivity index is 2.55. The van der Waals surface area contributed by atoms with Crippen molar-refractivity contribution in [3.8, 4) is 11.5 Å². The van der Waals surface area contributed by atoms with Gasteiger partial charge in [-0.3, -0.25) is 0 Å². The maximum Gasteiger partial charge on any atom is 0.407 e. The number of amides is 1. The molecule has 0 fully saturated rings. The molecule has 2 aromatic carbocycles. The summed E-state index contributed by atoms with van der Waals surface area (Å²) in [6, 6.07) is 13.0. The van der Waals surface area contributed by atoms with Crippen molar-refractivity contribution in [3.05, 3.63) is 59.2 Å². The summed E-state index contributed by atoms with van der Waals surface area (Å²) >= 11 is 0. The fourth-order valence-electron chi connectivity index (χ4n) is 2.58. The van der Waals surface area contributed by atoms with E-state index >= 15 is 0 Å². The molecule has 122 valence electrons. The lowest BCUT2D eigenvalue weighted by molar-refractivity contribution is 0.168. The third-order valence-corrected chi connectivity index (χ3v) is 3.70. The number of carbonyl (C=O) groups excluding carboxylic acids is 1. The largest absolute Gasteiger partial charge is 0.496 e. The van der Waals surface area contributed by atoms with Gasteiger partial charge in [0.2, 0.25) is 0 Å². The Bertz CT molecular complexity index is 670. The highest BCUT2D eigenvalue weighted by Crippen LogP contribution is 2.37. The average molecular weight is 315 g/mol. The number of alkyl carbamates (subject to hydrolysis) is 1. The van der Waals surface area contributed by atoms with Gasteiger partial charge in [0.15, 0.2) is 0 Å². The minimum atomic E-state index is -0.505. The van der Waals surface area contributed by atoms with Crippen molar-refractivity contribution in [2.75, 3.05) is 21.3 Å². The number of benzene rings is 2. The van der Waals surface area contributed by atoms with Crippen molar-refractivity contribution in [1.29, 1.82) is 0 Å². The minimum Gasteiger partial charge on any atom is -0.496 e. The molecular weight excluding hydrogens is 294 g/mol. The first-order chi connectivity index (χ1) is 11.1. The van der Waals surface area contributed by atoms with Crippen molar-refractivity contribution in [2.45, 2.75) is 13.0 Å². The summed E-state index contributed by atoms with van der Waals surface area (Å²) in [6.07, 6.45) is -0.505. The predicted molar refractivity (Wildman–Crippen MR) is 88.1 cm³/mol. The molecule has 0 saturated heterocycles. The van der Waals surface area contributed by atoms with Crippen molar-refractivity contribution < 1.29 is 19.0 Å². The second-order valence-electron chi connectivity index (χ2n) is 4.99. The topological polar surface area (TPSA) is 56.8 Å². The van der Waals surface area contributed by atoms with E-state index in [9.17, 15) is 4.79 Å². The molecule has 0 saturated carbocycles. The molecule has 23 heavy (non-hydrogen) atoms.